The Morgan fingerprint density at radius 3 is 2.84 bits per heavy atom. The van der Waals surface area contributed by atoms with Crippen molar-refractivity contribution in [2.75, 3.05) is 20.3 Å². The second-order valence-corrected chi connectivity index (χ2v) is 5.19. The first kappa shape index (κ1) is 14.3. The molecule has 1 fully saturated rings. The van der Waals surface area contributed by atoms with Gasteiger partial charge in [0.05, 0.1) is 13.7 Å². The van der Waals surface area contributed by atoms with E-state index in [-0.39, 0.29) is 11.9 Å². The molecule has 1 heterocycles. The predicted molar refractivity (Wildman–Crippen MR) is 72.9 cm³/mol. The maximum atomic E-state index is 13.4. The number of benzene rings is 1. The fourth-order valence-electron chi connectivity index (χ4n) is 2.52. The molecule has 0 saturated carbocycles. The lowest BCUT2D eigenvalue weighted by Crippen LogP contribution is -2.35. The molecule has 3 nitrogen and oxygen atoms in total. The number of ether oxygens (including phenoxy) is 2. The Hall–Kier alpha value is -1.13. The highest BCUT2D eigenvalue weighted by Crippen LogP contribution is 2.24. The molecule has 1 aromatic rings. The van der Waals surface area contributed by atoms with Crippen LogP contribution < -0.4 is 10.1 Å². The van der Waals surface area contributed by atoms with Gasteiger partial charge in [-0.2, -0.15) is 0 Å². The molecule has 0 aliphatic carbocycles. The van der Waals surface area contributed by atoms with Gasteiger partial charge in [-0.15, -0.1) is 0 Å². The van der Waals surface area contributed by atoms with Crippen LogP contribution in [0.1, 0.15) is 31.9 Å². The van der Waals surface area contributed by atoms with Crippen molar-refractivity contribution >= 4 is 0 Å². The number of halogens is 1. The summed E-state index contributed by atoms with van der Waals surface area (Å²) in [7, 11) is 1.48. The molecular formula is C15H22FNO2. The smallest absolute Gasteiger partial charge is 0.165 e. The van der Waals surface area contributed by atoms with Crippen LogP contribution in [0.4, 0.5) is 4.39 Å². The van der Waals surface area contributed by atoms with Crippen molar-refractivity contribution in [3.63, 3.8) is 0 Å². The molecule has 1 aromatic carbocycles. The quantitative estimate of drug-likeness (QED) is 0.889. The van der Waals surface area contributed by atoms with E-state index in [2.05, 4.69) is 19.2 Å². The minimum atomic E-state index is -0.323. The summed E-state index contributed by atoms with van der Waals surface area (Å²) < 4.78 is 23.8. The van der Waals surface area contributed by atoms with Gasteiger partial charge >= 0.3 is 0 Å². The molecule has 0 aromatic heterocycles. The summed E-state index contributed by atoms with van der Waals surface area (Å²) in [6, 6.07) is 5.55. The highest BCUT2D eigenvalue weighted by molar-refractivity contribution is 5.32. The number of rotatable bonds is 5. The molecule has 2 rings (SSSR count). The lowest BCUT2D eigenvalue weighted by atomic mass is 9.98. The van der Waals surface area contributed by atoms with Gasteiger partial charge in [-0.3, -0.25) is 0 Å². The largest absolute Gasteiger partial charge is 0.494 e. The molecule has 106 valence electrons. The van der Waals surface area contributed by atoms with Crippen molar-refractivity contribution in [3.8, 4) is 5.75 Å². The predicted octanol–water partition coefficient (Wildman–Crippen LogP) is 2.91. The minimum Gasteiger partial charge on any atom is -0.494 e. The van der Waals surface area contributed by atoms with E-state index in [1.165, 1.54) is 13.2 Å². The maximum absolute atomic E-state index is 13.4. The Labute approximate surface area is 114 Å². The zero-order valence-electron chi connectivity index (χ0n) is 11.8. The number of methoxy groups -OCH3 is 1. The Balaban J connectivity index is 2.00. The minimum absolute atomic E-state index is 0.157. The van der Waals surface area contributed by atoms with E-state index in [4.69, 9.17) is 9.47 Å². The number of nitrogens with one attached hydrogen (secondary N) is 1. The average molecular weight is 267 g/mol. The molecule has 0 radical (unpaired) electrons. The summed E-state index contributed by atoms with van der Waals surface area (Å²) in [5.41, 5.74) is 1.03. The lowest BCUT2D eigenvalue weighted by molar-refractivity contribution is 0.177. The van der Waals surface area contributed by atoms with E-state index < -0.39 is 0 Å². The first-order valence-corrected chi connectivity index (χ1v) is 6.79. The summed E-state index contributed by atoms with van der Waals surface area (Å²) >= 11 is 0. The van der Waals surface area contributed by atoms with Crippen molar-refractivity contribution in [1.82, 2.24) is 5.32 Å². The first-order chi connectivity index (χ1) is 9.11. The third-order valence-electron chi connectivity index (χ3n) is 3.86. The van der Waals surface area contributed by atoms with E-state index in [0.717, 1.165) is 25.2 Å². The van der Waals surface area contributed by atoms with Crippen LogP contribution in [-0.2, 0) is 4.74 Å². The highest BCUT2D eigenvalue weighted by atomic mass is 19.1. The van der Waals surface area contributed by atoms with Gasteiger partial charge < -0.3 is 14.8 Å². The third kappa shape index (κ3) is 3.45. The summed E-state index contributed by atoms with van der Waals surface area (Å²) in [6.07, 6.45) is 1.10. The molecule has 0 amide bonds. The van der Waals surface area contributed by atoms with Crippen LogP contribution in [-0.4, -0.2) is 26.4 Å². The Kier molecular flexibility index (Phi) is 4.77. The zero-order chi connectivity index (χ0) is 13.8. The monoisotopic (exact) mass is 267 g/mol. The normalized spacial score (nSPS) is 22.2. The fourth-order valence-corrected chi connectivity index (χ4v) is 2.52. The Bertz CT molecular complexity index is 419. The Morgan fingerprint density at radius 2 is 2.21 bits per heavy atom. The van der Waals surface area contributed by atoms with Crippen molar-refractivity contribution in [2.45, 2.75) is 32.4 Å². The van der Waals surface area contributed by atoms with E-state index in [1.807, 2.05) is 0 Å². The molecule has 3 unspecified atom stereocenters. The molecule has 1 saturated heterocycles. The van der Waals surface area contributed by atoms with Gasteiger partial charge in [-0.05, 0) is 43.9 Å². The van der Waals surface area contributed by atoms with Crippen LogP contribution in [0.2, 0.25) is 0 Å². The van der Waals surface area contributed by atoms with E-state index in [9.17, 15) is 4.39 Å². The van der Waals surface area contributed by atoms with E-state index >= 15 is 0 Å². The van der Waals surface area contributed by atoms with Gasteiger partial charge in [0.15, 0.2) is 11.6 Å². The second kappa shape index (κ2) is 6.35. The van der Waals surface area contributed by atoms with Gasteiger partial charge in [-0.1, -0.05) is 6.07 Å². The number of hydrogen-bond acceptors (Lipinski definition) is 3. The molecular weight excluding hydrogens is 245 g/mol. The van der Waals surface area contributed by atoms with Gasteiger partial charge in [0.1, 0.15) is 0 Å². The highest BCUT2D eigenvalue weighted by Gasteiger charge is 2.23. The van der Waals surface area contributed by atoms with Gasteiger partial charge in [0.2, 0.25) is 0 Å². The van der Waals surface area contributed by atoms with Crippen molar-refractivity contribution in [1.29, 1.82) is 0 Å². The summed E-state index contributed by atoms with van der Waals surface area (Å²) in [5, 5.41) is 3.55. The lowest BCUT2D eigenvalue weighted by Gasteiger charge is -2.24. The van der Waals surface area contributed by atoms with Crippen LogP contribution in [0.3, 0.4) is 0 Å². The zero-order valence-corrected chi connectivity index (χ0v) is 11.8. The van der Waals surface area contributed by atoms with Crippen LogP contribution in [0, 0.1) is 11.7 Å². The van der Waals surface area contributed by atoms with Crippen molar-refractivity contribution in [2.24, 2.45) is 5.92 Å². The molecule has 19 heavy (non-hydrogen) atoms. The molecule has 0 spiro atoms. The molecule has 4 heteroatoms. The standard InChI is InChI=1S/C15H22FNO2/c1-10(17-11(2)13-6-7-19-9-13)12-4-5-14(16)15(8-12)18-3/h4-5,8,10-11,13,17H,6-7,9H2,1-3H3. The molecule has 1 N–H and O–H groups in total. The maximum Gasteiger partial charge on any atom is 0.165 e. The van der Waals surface area contributed by atoms with Crippen LogP contribution in [0.5, 0.6) is 5.75 Å². The van der Waals surface area contributed by atoms with Crippen LogP contribution in [0.15, 0.2) is 18.2 Å². The van der Waals surface area contributed by atoms with Gasteiger partial charge in [0.25, 0.3) is 0 Å². The Morgan fingerprint density at radius 1 is 1.42 bits per heavy atom. The molecule has 0 bridgehead atoms. The molecule has 1 aliphatic rings. The average Bonchev–Trinajstić information content (AvgIpc) is 2.93. The fraction of sp³-hybridized carbons (Fsp3) is 0.600. The van der Waals surface area contributed by atoms with Crippen molar-refractivity contribution < 1.29 is 13.9 Å². The SMILES string of the molecule is COc1cc(C(C)NC(C)C2CCOC2)ccc1F. The van der Waals surface area contributed by atoms with Crippen LogP contribution in [0.25, 0.3) is 0 Å². The second-order valence-electron chi connectivity index (χ2n) is 5.19. The summed E-state index contributed by atoms with van der Waals surface area (Å²) in [5.74, 6) is 0.531. The van der Waals surface area contributed by atoms with E-state index in [1.54, 1.807) is 12.1 Å². The number of hydrogen-bond donors (Lipinski definition) is 1. The third-order valence-corrected chi connectivity index (χ3v) is 3.86. The summed E-state index contributed by atoms with van der Waals surface area (Å²) in [4.78, 5) is 0. The first-order valence-electron chi connectivity index (χ1n) is 6.79. The van der Waals surface area contributed by atoms with Gasteiger partial charge in [-0.25, -0.2) is 4.39 Å². The van der Waals surface area contributed by atoms with Crippen LogP contribution >= 0.6 is 0 Å². The summed E-state index contributed by atoms with van der Waals surface area (Å²) in [6.45, 7) is 5.94. The van der Waals surface area contributed by atoms with E-state index in [0.29, 0.717) is 17.7 Å². The van der Waals surface area contributed by atoms with Gasteiger partial charge in [0, 0.05) is 18.7 Å². The molecule has 1 aliphatic heterocycles. The topological polar surface area (TPSA) is 30.5 Å². The van der Waals surface area contributed by atoms with Crippen molar-refractivity contribution in [3.05, 3.63) is 29.6 Å². The molecule has 3 atom stereocenters.